The molecular formula is C24H31NO3. The van der Waals surface area contributed by atoms with Crippen molar-refractivity contribution in [3.63, 3.8) is 0 Å². The van der Waals surface area contributed by atoms with Crippen LogP contribution >= 0.6 is 0 Å². The van der Waals surface area contributed by atoms with Crippen molar-refractivity contribution in [2.24, 2.45) is 11.8 Å². The van der Waals surface area contributed by atoms with E-state index in [4.69, 9.17) is 9.47 Å². The van der Waals surface area contributed by atoms with E-state index in [0.717, 1.165) is 36.3 Å². The van der Waals surface area contributed by atoms with Gasteiger partial charge in [0.25, 0.3) is 0 Å². The Balaban J connectivity index is 1.69. The molecule has 0 saturated heterocycles. The normalized spacial score (nSPS) is 13.9. The van der Waals surface area contributed by atoms with Gasteiger partial charge in [-0.25, -0.2) is 0 Å². The number of nitrogens with zero attached hydrogens (tertiary/aromatic N) is 1. The van der Waals surface area contributed by atoms with Crippen LogP contribution < -0.4 is 9.47 Å². The predicted octanol–water partition coefficient (Wildman–Crippen LogP) is 5.06. The highest BCUT2D eigenvalue weighted by molar-refractivity contribution is 5.79. The van der Waals surface area contributed by atoms with Crippen molar-refractivity contribution in [2.45, 2.75) is 46.3 Å². The Kier molecular flexibility index (Phi) is 6.96. The number of carbonyl (C=O) groups excluding carboxylic acids is 1. The molecule has 1 saturated carbocycles. The van der Waals surface area contributed by atoms with Gasteiger partial charge < -0.3 is 14.4 Å². The highest BCUT2D eigenvalue weighted by Gasteiger charge is 2.29. The topological polar surface area (TPSA) is 38.8 Å². The lowest BCUT2D eigenvalue weighted by atomic mass is 9.84. The van der Waals surface area contributed by atoms with Crippen LogP contribution in [0.25, 0.3) is 0 Å². The third-order valence-electron chi connectivity index (χ3n) is 5.19. The number of carbonyl (C=O) groups is 1. The molecule has 4 heteroatoms. The number of rotatable bonds is 9. The van der Waals surface area contributed by atoms with Crippen molar-refractivity contribution in [2.75, 3.05) is 13.7 Å². The molecule has 1 aliphatic rings. The van der Waals surface area contributed by atoms with Gasteiger partial charge >= 0.3 is 0 Å². The lowest BCUT2D eigenvalue weighted by Crippen LogP contribution is -2.40. The van der Waals surface area contributed by atoms with E-state index in [0.29, 0.717) is 30.7 Å². The van der Waals surface area contributed by atoms with Crippen LogP contribution in [-0.2, 0) is 17.9 Å². The lowest BCUT2D eigenvalue weighted by molar-refractivity contribution is -0.139. The molecular weight excluding hydrogens is 350 g/mol. The summed E-state index contributed by atoms with van der Waals surface area (Å²) in [6.45, 7) is 6.20. The maximum atomic E-state index is 12.8. The van der Waals surface area contributed by atoms with E-state index >= 15 is 0 Å². The molecule has 0 N–H and O–H groups in total. The molecule has 1 fully saturated rings. The van der Waals surface area contributed by atoms with E-state index in [2.05, 4.69) is 13.8 Å². The van der Waals surface area contributed by atoms with Crippen LogP contribution in [0, 0.1) is 11.8 Å². The summed E-state index contributed by atoms with van der Waals surface area (Å²) in [5, 5.41) is 0. The summed E-state index contributed by atoms with van der Waals surface area (Å²) in [4.78, 5) is 14.8. The van der Waals surface area contributed by atoms with E-state index in [-0.39, 0.29) is 5.92 Å². The molecule has 4 nitrogen and oxygen atoms in total. The summed E-state index contributed by atoms with van der Waals surface area (Å²) in [7, 11) is 1.65. The molecule has 28 heavy (non-hydrogen) atoms. The van der Waals surface area contributed by atoms with Gasteiger partial charge in [-0.3, -0.25) is 4.79 Å². The van der Waals surface area contributed by atoms with Crippen LogP contribution in [0.15, 0.2) is 48.5 Å². The molecule has 0 aromatic heterocycles. The monoisotopic (exact) mass is 381 g/mol. The number of benzene rings is 2. The highest BCUT2D eigenvalue weighted by atomic mass is 16.5. The minimum absolute atomic E-state index is 0.217. The molecule has 2 aromatic carbocycles. The summed E-state index contributed by atoms with van der Waals surface area (Å²) >= 11 is 0. The largest absolute Gasteiger partial charge is 0.493 e. The van der Waals surface area contributed by atoms with Crippen molar-refractivity contribution in [1.29, 1.82) is 0 Å². The fourth-order valence-electron chi connectivity index (χ4n) is 3.47. The zero-order valence-electron chi connectivity index (χ0n) is 17.2. The number of hydrogen-bond donors (Lipinski definition) is 0. The van der Waals surface area contributed by atoms with E-state index < -0.39 is 0 Å². The molecule has 3 rings (SSSR count). The van der Waals surface area contributed by atoms with Crippen molar-refractivity contribution >= 4 is 5.91 Å². The minimum Gasteiger partial charge on any atom is -0.493 e. The number of methoxy groups -OCH3 is 1. The molecule has 150 valence electrons. The Hall–Kier alpha value is -2.49. The molecule has 0 radical (unpaired) electrons. The second-order valence-corrected chi connectivity index (χ2v) is 8.00. The zero-order valence-corrected chi connectivity index (χ0v) is 17.2. The molecule has 0 bridgehead atoms. The smallest absolute Gasteiger partial charge is 0.225 e. The molecule has 1 amide bonds. The van der Waals surface area contributed by atoms with Crippen molar-refractivity contribution in [1.82, 2.24) is 4.90 Å². The Morgan fingerprint density at radius 1 is 1.07 bits per heavy atom. The summed E-state index contributed by atoms with van der Waals surface area (Å²) < 4.78 is 11.5. The van der Waals surface area contributed by atoms with Gasteiger partial charge in [0.2, 0.25) is 5.91 Å². The Bertz CT molecular complexity index is 769. The Morgan fingerprint density at radius 3 is 2.43 bits per heavy atom. The average Bonchev–Trinajstić information content (AvgIpc) is 2.65. The molecule has 0 heterocycles. The van der Waals surface area contributed by atoms with Crippen molar-refractivity contribution < 1.29 is 14.3 Å². The van der Waals surface area contributed by atoms with Crippen LogP contribution in [-0.4, -0.2) is 24.5 Å². The average molecular weight is 382 g/mol. The first-order valence-corrected chi connectivity index (χ1v) is 10.2. The van der Waals surface area contributed by atoms with E-state index in [1.165, 1.54) is 6.42 Å². The quantitative estimate of drug-likeness (QED) is 0.609. The van der Waals surface area contributed by atoms with Gasteiger partial charge in [0, 0.05) is 19.0 Å². The van der Waals surface area contributed by atoms with Crippen LogP contribution in [0.2, 0.25) is 0 Å². The van der Waals surface area contributed by atoms with Gasteiger partial charge in [0.05, 0.1) is 7.11 Å². The standard InChI is InChI=1S/C24H31NO3/c1-18(2)15-25(24(26)21-10-7-11-21)16-20-12-13-22(23(14-20)27-3)28-17-19-8-5-4-6-9-19/h4-6,8-9,12-14,18,21H,7,10-11,15-17H2,1-3H3. The summed E-state index contributed by atoms with van der Waals surface area (Å²) in [5.41, 5.74) is 2.18. The SMILES string of the molecule is COc1cc(CN(CC(C)C)C(=O)C2CCC2)ccc1OCc1ccccc1. The maximum absolute atomic E-state index is 12.8. The summed E-state index contributed by atoms with van der Waals surface area (Å²) in [6, 6.07) is 16.0. The van der Waals surface area contributed by atoms with Crippen molar-refractivity contribution in [3.8, 4) is 11.5 Å². The van der Waals surface area contributed by atoms with Crippen molar-refractivity contribution in [3.05, 3.63) is 59.7 Å². The molecule has 1 aliphatic carbocycles. The minimum atomic E-state index is 0.217. The summed E-state index contributed by atoms with van der Waals surface area (Å²) in [6.07, 6.45) is 3.24. The number of hydrogen-bond acceptors (Lipinski definition) is 3. The second-order valence-electron chi connectivity index (χ2n) is 8.00. The van der Waals surface area contributed by atoms with Gasteiger partial charge in [0.15, 0.2) is 11.5 Å². The van der Waals surface area contributed by atoms with Crippen LogP contribution in [0.1, 0.15) is 44.2 Å². The lowest BCUT2D eigenvalue weighted by Gasteiger charge is -2.33. The molecule has 0 unspecified atom stereocenters. The fraction of sp³-hybridized carbons (Fsp3) is 0.458. The van der Waals surface area contributed by atoms with Gasteiger partial charge in [-0.15, -0.1) is 0 Å². The highest BCUT2D eigenvalue weighted by Crippen LogP contribution is 2.31. The predicted molar refractivity (Wildman–Crippen MR) is 111 cm³/mol. The Morgan fingerprint density at radius 2 is 1.82 bits per heavy atom. The first kappa shape index (κ1) is 20.2. The van der Waals surface area contributed by atoms with Gasteiger partial charge in [-0.05, 0) is 42.0 Å². The van der Waals surface area contributed by atoms with Crippen LogP contribution in [0.4, 0.5) is 0 Å². The fourth-order valence-corrected chi connectivity index (χ4v) is 3.47. The number of amides is 1. The molecule has 0 atom stereocenters. The third kappa shape index (κ3) is 5.28. The van der Waals surface area contributed by atoms with E-state index in [1.54, 1.807) is 7.11 Å². The second kappa shape index (κ2) is 9.63. The third-order valence-corrected chi connectivity index (χ3v) is 5.19. The zero-order chi connectivity index (χ0) is 19.9. The van der Waals surface area contributed by atoms with Gasteiger partial charge in [0.1, 0.15) is 6.61 Å². The molecule has 0 aliphatic heterocycles. The first-order chi connectivity index (χ1) is 13.6. The molecule has 0 spiro atoms. The van der Waals surface area contributed by atoms with Gasteiger partial charge in [-0.2, -0.15) is 0 Å². The van der Waals surface area contributed by atoms with E-state index in [9.17, 15) is 4.79 Å². The van der Waals surface area contributed by atoms with E-state index in [1.807, 2.05) is 53.4 Å². The Labute approximate surface area is 168 Å². The van der Waals surface area contributed by atoms with Crippen LogP contribution in [0.5, 0.6) is 11.5 Å². The first-order valence-electron chi connectivity index (χ1n) is 10.2. The molecule has 2 aromatic rings. The van der Waals surface area contributed by atoms with Crippen LogP contribution in [0.3, 0.4) is 0 Å². The maximum Gasteiger partial charge on any atom is 0.225 e. The number of ether oxygens (including phenoxy) is 2. The van der Waals surface area contributed by atoms with Gasteiger partial charge in [-0.1, -0.05) is 56.7 Å². The summed E-state index contributed by atoms with van der Waals surface area (Å²) in [5.74, 6) is 2.38.